The Morgan fingerprint density at radius 3 is 1.98 bits per heavy atom. The lowest BCUT2D eigenvalue weighted by atomic mass is 9.89. The molecule has 4 atom stereocenters. The first kappa shape index (κ1) is 37.9. The molecule has 1 amide bonds. The Morgan fingerprint density at radius 1 is 0.684 bits per heavy atom. The largest absolute Gasteiger partial charge is 0.392 e. The van der Waals surface area contributed by atoms with Crippen molar-refractivity contribution in [2.24, 2.45) is 5.92 Å². The minimum atomic E-state index is -0.601. The molecule has 1 fully saturated rings. The summed E-state index contributed by atoms with van der Waals surface area (Å²) in [5.74, 6) is -0.238. The fourth-order valence-electron chi connectivity index (χ4n) is 7.56. The number of ether oxygens (including phenoxy) is 2. The maximum atomic E-state index is 13.1. The number of carbonyl (C=O) groups is 1. The fraction of sp³-hybridized carbons (Fsp3) is 0.204. The highest BCUT2D eigenvalue weighted by Gasteiger charge is 2.39. The van der Waals surface area contributed by atoms with Gasteiger partial charge >= 0.3 is 0 Å². The number of amides is 1. The van der Waals surface area contributed by atoms with E-state index in [0.29, 0.717) is 18.6 Å². The van der Waals surface area contributed by atoms with Crippen LogP contribution in [0.5, 0.6) is 0 Å². The summed E-state index contributed by atoms with van der Waals surface area (Å²) in [5.41, 5.74) is 10.1. The van der Waals surface area contributed by atoms with Crippen molar-refractivity contribution in [1.29, 1.82) is 0 Å². The number of aromatic nitrogens is 2. The molecular weight excluding hydrogens is 709 g/mol. The summed E-state index contributed by atoms with van der Waals surface area (Å²) in [6.07, 6.45) is 0.542. The second-order valence-corrected chi connectivity index (χ2v) is 14.7. The van der Waals surface area contributed by atoms with Gasteiger partial charge in [-0.05, 0) is 51.1 Å². The molecule has 1 saturated heterocycles. The smallest absolute Gasteiger partial charge is 0.271 e. The second-order valence-electron chi connectivity index (χ2n) is 14.7. The van der Waals surface area contributed by atoms with Gasteiger partial charge in [-0.2, -0.15) is 0 Å². The number of fused-ring (bicyclic) bond motifs is 1. The molecular formula is C49H46N4O4. The number of para-hydroxylation sites is 2. The van der Waals surface area contributed by atoms with Gasteiger partial charge in [-0.15, -0.1) is 0 Å². The van der Waals surface area contributed by atoms with Crippen molar-refractivity contribution < 1.29 is 19.4 Å². The second kappa shape index (κ2) is 17.8. The third kappa shape index (κ3) is 9.17. The number of nitrogens with one attached hydrogen (secondary N) is 1. The summed E-state index contributed by atoms with van der Waals surface area (Å²) >= 11 is 0. The van der Waals surface area contributed by atoms with Crippen LogP contribution in [0, 0.1) is 5.92 Å². The summed E-state index contributed by atoms with van der Waals surface area (Å²) in [6.45, 7) is 4.81. The van der Waals surface area contributed by atoms with Crippen molar-refractivity contribution in [2.45, 2.75) is 51.7 Å². The highest BCUT2D eigenvalue weighted by molar-refractivity contribution is 5.93. The SMILES string of the molecule is C[C@@H]1[C@H](CN(Cc2ccccc2)Cc2ccccc2)O[C@H](c2ccc(-c3ccccc3CNC(=O)c3cnc4ccccc4n3)cc2)O[C@@H]1c1ccc(CO)cc1. The van der Waals surface area contributed by atoms with E-state index in [1.165, 1.54) is 17.3 Å². The van der Waals surface area contributed by atoms with Crippen molar-refractivity contribution in [2.75, 3.05) is 6.54 Å². The summed E-state index contributed by atoms with van der Waals surface area (Å²) in [7, 11) is 0. The average molecular weight is 755 g/mol. The van der Waals surface area contributed by atoms with Gasteiger partial charge in [-0.1, -0.05) is 153 Å². The lowest BCUT2D eigenvalue weighted by molar-refractivity contribution is -0.276. The molecule has 0 radical (unpaired) electrons. The molecule has 0 bridgehead atoms. The predicted molar refractivity (Wildman–Crippen MR) is 223 cm³/mol. The van der Waals surface area contributed by atoms with Crippen molar-refractivity contribution in [3.05, 3.63) is 203 Å². The zero-order chi connectivity index (χ0) is 39.0. The number of aliphatic hydroxyl groups is 1. The van der Waals surface area contributed by atoms with Crippen LogP contribution in [0.2, 0.25) is 0 Å². The molecule has 2 heterocycles. The maximum Gasteiger partial charge on any atom is 0.271 e. The van der Waals surface area contributed by atoms with E-state index in [1.807, 2.05) is 54.6 Å². The Morgan fingerprint density at radius 2 is 1.30 bits per heavy atom. The van der Waals surface area contributed by atoms with Gasteiger partial charge in [0.25, 0.3) is 5.91 Å². The molecule has 0 unspecified atom stereocenters. The molecule has 0 saturated carbocycles. The molecule has 7 aromatic rings. The van der Waals surface area contributed by atoms with Gasteiger partial charge in [0.1, 0.15) is 5.69 Å². The van der Waals surface area contributed by atoms with Crippen molar-refractivity contribution >= 4 is 16.9 Å². The van der Waals surface area contributed by atoms with Crippen molar-refractivity contribution in [3.63, 3.8) is 0 Å². The number of aliphatic hydroxyl groups excluding tert-OH is 1. The Balaban J connectivity index is 1.03. The van der Waals surface area contributed by atoms with Gasteiger partial charge in [-0.3, -0.25) is 14.7 Å². The zero-order valence-corrected chi connectivity index (χ0v) is 31.9. The Labute approximate surface area is 333 Å². The number of carbonyl (C=O) groups excluding carboxylic acids is 1. The minimum absolute atomic E-state index is 0.00929. The molecule has 1 aliphatic rings. The average Bonchev–Trinajstić information content (AvgIpc) is 3.27. The van der Waals surface area contributed by atoms with E-state index in [4.69, 9.17) is 9.47 Å². The molecule has 0 spiro atoms. The van der Waals surface area contributed by atoms with Crippen LogP contribution in [-0.4, -0.2) is 38.5 Å². The minimum Gasteiger partial charge on any atom is -0.392 e. The normalized spacial score (nSPS) is 18.1. The van der Waals surface area contributed by atoms with Crippen LogP contribution >= 0.6 is 0 Å². The van der Waals surface area contributed by atoms with Crippen LogP contribution in [0.15, 0.2) is 164 Å². The van der Waals surface area contributed by atoms with Gasteiger partial charge in [0.15, 0.2) is 6.29 Å². The molecule has 8 rings (SSSR count). The van der Waals surface area contributed by atoms with Gasteiger partial charge in [-0.25, -0.2) is 4.98 Å². The Bertz CT molecular complexity index is 2350. The molecule has 8 heteroatoms. The van der Waals surface area contributed by atoms with Crippen molar-refractivity contribution in [1.82, 2.24) is 20.2 Å². The van der Waals surface area contributed by atoms with Crippen molar-refractivity contribution in [3.8, 4) is 11.1 Å². The molecule has 57 heavy (non-hydrogen) atoms. The highest BCUT2D eigenvalue weighted by Crippen LogP contribution is 2.42. The molecule has 8 nitrogen and oxygen atoms in total. The van der Waals surface area contributed by atoms with E-state index in [9.17, 15) is 9.90 Å². The molecule has 0 aliphatic carbocycles. The van der Waals surface area contributed by atoms with E-state index in [2.05, 4.69) is 130 Å². The quantitative estimate of drug-likeness (QED) is 0.121. The molecule has 6 aromatic carbocycles. The van der Waals surface area contributed by atoms with E-state index in [1.54, 1.807) is 0 Å². The zero-order valence-electron chi connectivity index (χ0n) is 31.9. The number of benzene rings is 6. The molecule has 1 aliphatic heterocycles. The highest BCUT2D eigenvalue weighted by atomic mass is 16.7. The van der Waals surface area contributed by atoms with E-state index in [0.717, 1.165) is 52.0 Å². The topological polar surface area (TPSA) is 96.8 Å². The van der Waals surface area contributed by atoms with E-state index >= 15 is 0 Å². The van der Waals surface area contributed by atoms with Crippen LogP contribution in [-0.2, 0) is 35.7 Å². The van der Waals surface area contributed by atoms with Gasteiger partial charge in [0.05, 0.1) is 36.0 Å². The molecule has 1 aromatic heterocycles. The van der Waals surface area contributed by atoms with Crippen LogP contribution in [0.1, 0.15) is 63.2 Å². The lowest BCUT2D eigenvalue weighted by Crippen LogP contribution is -2.44. The summed E-state index contributed by atoms with van der Waals surface area (Å²) in [5, 5.41) is 12.8. The standard InChI is InChI=1S/C49H46N4O4/c1-34-46(32-53(30-35-12-4-2-5-13-35)31-36-14-6-3-7-15-36)56-49(57-47(34)39-22-20-37(33-54)21-23-39)40-26-24-38(25-27-40)42-17-9-8-16-41(42)28-51-48(55)45-29-50-43-18-10-11-19-44(43)52-45/h2-27,29,34,46-47,49,54H,28,30-33H2,1H3,(H,51,55)/t34-,46+,47+,49+/m1/s1. The third-order valence-electron chi connectivity index (χ3n) is 10.7. The summed E-state index contributed by atoms with van der Waals surface area (Å²) in [4.78, 5) is 24.5. The van der Waals surface area contributed by atoms with Gasteiger partial charge in [0.2, 0.25) is 0 Å². The molecule has 2 N–H and O–H groups in total. The van der Waals surface area contributed by atoms with Crippen LogP contribution < -0.4 is 5.32 Å². The maximum absolute atomic E-state index is 13.1. The first-order chi connectivity index (χ1) is 28.0. The first-order valence-corrected chi connectivity index (χ1v) is 19.5. The molecule has 286 valence electrons. The number of hydrogen-bond acceptors (Lipinski definition) is 7. The monoisotopic (exact) mass is 754 g/mol. The number of rotatable bonds is 13. The first-order valence-electron chi connectivity index (χ1n) is 19.5. The van der Waals surface area contributed by atoms with Crippen LogP contribution in [0.4, 0.5) is 0 Å². The number of hydrogen-bond donors (Lipinski definition) is 2. The summed E-state index contributed by atoms with van der Waals surface area (Å²) < 4.78 is 13.8. The third-order valence-corrected chi connectivity index (χ3v) is 10.7. The fourth-order valence-corrected chi connectivity index (χ4v) is 7.56. The van der Waals surface area contributed by atoms with E-state index < -0.39 is 6.29 Å². The number of nitrogens with zero attached hydrogens (tertiary/aromatic N) is 3. The van der Waals surface area contributed by atoms with Crippen LogP contribution in [0.3, 0.4) is 0 Å². The van der Waals surface area contributed by atoms with Crippen LogP contribution in [0.25, 0.3) is 22.2 Å². The van der Waals surface area contributed by atoms with Gasteiger partial charge < -0.3 is 19.9 Å². The lowest BCUT2D eigenvalue weighted by Gasteiger charge is -2.43. The Kier molecular flexibility index (Phi) is 11.8. The summed E-state index contributed by atoms with van der Waals surface area (Å²) in [6, 6.07) is 53.1. The van der Waals surface area contributed by atoms with Gasteiger partial charge in [0, 0.05) is 37.7 Å². The predicted octanol–water partition coefficient (Wildman–Crippen LogP) is 9.21. The Hall–Kier alpha value is -6.03. The van der Waals surface area contributed by atoms with E-state index in [-0.39, 0.29) is 36.3 Å².